The van der Waals surface area contributed by atoms with Gasteiger partial charge in [-0.1, -0.05) is 54.6 Å². The molecule has 4 nitrogen and oxygen atoms in total. The van der Waals surface area contributed by atoms with Crippen molar-refractivity contribution in [3.05, 3.63) is 90.2 Å². The van der Waals surface area contributed by atoms with Crippen molar-refractivity contribution < 1.29 is 13.9 Å². The van der Waals surface area contributed by atoms with Crippen molar-refractivity contribution in [2.75, 3.05) is 19.7 Å². The van der Waals surface area contributed by atoms with Gasteiger partial charge in [-0.15, -0.1) is 0 Å². The number of hydrogen-bond acceptors (Lipinski definition) is 3. The van der Waals surface area contributed by atoms with E-state index in [-0.39, 0.29) is 30.4 Å². The summed E-state index contributed by atoms with van der Waals surface area (Å²) in [5, 5.41) is 0. The monoisotopic (exact) mass is 432 g/mol. The Kier molecular flexibility index (Phi) is 6.86. The molecule has 0 spiro atoms. The lowest BCUT2D eigenvalue weighted by Gasteiger charge is -2.44. The van der Waals surface area contributed by atoms with Gasteiger partial charge in [0.2, 0.25) is 0 Å². The normalized spacial score (nSPS) is 19.0. The maximum Gasteiger partial charge on any atom is 0.260 e. The van der Waals surface area contributed by atoms with Gasteiger partial charge in [0.1, 0.15) is 11.6 Å². The summed E-state index contributed by atoms with van der Waals surface area (Å²) >= 11 is 0. The fourth-order valence-corrected chi connectivity index (χ4v) is 4.21. The van der Waals surface area contributed by atoms with Gasteiger partial charge >= 0.3 is 0 Å². The molecule has 166 valence electrons. The number of hydrogen-bond donors (Lipinski definition) is 0. The Bertz CT molecular complexity index is 1040. The maximum absolute atomic E-state index is 13.2. The van der Waals surface area contributed by atoms with Crippen LogP contribution in [0.3, 0.4) is 0 Å². The minimum Gasteiger partial charge on any atom is -0.484 e. The molecule has 0 radical (unpaired) electrons. The van der Waals surface area contributed by atoms with Gasteiger partial charge in [-0.2, -0.15) is 0 Å². The van der Waals surface area contributed by atoms with Gasteiger partial charge in [0.25, 0.3) is 5.91 Å². The Morgan fingerprint density at radius 1 is 0.906 bits per heavy atom. The average molecular weight is 433 g/mol. The molecule has 4 rings (SSSR count). The molecule has 1 aliphatic rings. The van der Waals surface area contributed by atoms with Gasteiger partial charge in [-0.3, -0.25) is 9.69 Å². The molecule has 0 unspecified atom stereocenters. The average Bonchev–Trinajstić information content (AvgIpc) is 2.82. The van der Waals surface area contributed by atoms with Crippen molar-refractivity contribution in [3.8, 4) is 16.9 Å². The van der Waals surface area contributed by atoms with Gasteiger partial charge in [-0.05, 0) is 54.8 Å². The predicted octanol–water partition coefficient (Wildman–Crippen LogP) is 4.99. The summed E-state index contributed by atoms with van der Waals surface area (Å²) in [6.45, 7) is 6.38. The van der Waals surface area contributed by atoms with Gasteiger partial charge in [-0.25, -0.2) is 4.39 Å². The van der Waals surface area contributed by atoms with Crippen LogP contribution in [0, 0.1) is 5.82 Å². The number of carbonyl (C=O) groups is 1. The van der Waals surface area contributed by atoms with E-state index in [2.05, 4.69) is 30.9 Å². The van der Waals surface area contributed by atoms with E-state index in [4.69, 9.17) is 4.74 Å². The zero-order valence-electron chi connectivity index (χ0n) is 18.6. The fraction of sp³-hybridized carbons (Fsp3) is 0.296. The van der Waals surface area contributed by atoms with Gasteiger partial charge in [0.15, 0.2) is 6.61 Å². The molecule has 32 heavy (non-hydrogen) atoms. The van der Waals surface area contributed by atoms with Crippen LogP contribution in [0.2, 0.25) is 0 Å². The number of rotatable bonds is 6. The lowest BCUT2D eigenvalue weighted by molar-refractivity contribution is -0.139. The van der Waals surface area contributed by atoms with Gasteiger partial charge in [0, 0.05) is 31.7 Å². The van der Waals surface area contributed by atoms with Crippen molar-refractivity contribution in [1.29, 1.82) is 0 Å². The second-order valence-corrected chi connectivity index (χ2v) is 8.48. The van der Waals surface area contributed by atoms with Crippen molar-refractivity contribution in [2.45, 2.75) is 32.5 Å². The summed E-state index contributed by atoms with van der Waals surface area (Å²) in [6.07, 6.45) is 0. The quantitative estimate of drug-likeness (QED) is 0.550. The van der Waals surface area contributed by atoms with Crippen LogP contribution in [0.1, 0.15) is 19.4 Å². The van der Waals surface area contributed by atoms with E-state index in [0.717, 1.165) is 29.8 Å². The third-order valence-electron chi connectivity index (χ3n) is 6.04. The summed E-state index contributed by atoms with van der Waals surface area (Å²) in [5.74, 6) is 0.464. The van der Waals surface area contributed by atoms with E-state index >= 15 is 0 Å². The molecule has 0 saturated carbocycles. The minimum absolute atomic E-state index is 0.00380. The summed E-state index contributed by atoms with van der Waals surface area (Å²) < 4.78 is 19.0. The second kappa shape index (κ2) is 9.96. The van der Waals surface area contributed by atoms with E-state index in [1.54, 1.807) is 0 Å². The molecule has 1 amide bonds. The van der Waals surface area contributed by atoms with E-state index in [9.17, 15) is 9.18 Å². The SMILES string of the molecule is C[C@@H]1CN(C(=O)COc2cccc(-c3ccccc3)c2)[C@@H](C)CN1Cc1ccc(F)cc1. The van der Waals surface area contributed by atoms with E-state index in [1.807, 2.05) is 59.5 Å². The molecule has 0 bridgehead atoms. The number of halogens is 1. The molecular formula is C27H29FN2O2. The number of benzene rings is 3. The molecule has 2 atom stereocenters. The Labute approximate surface area is 189 Å². The number of ether oxygens (including phenoxy) is 1. The molecule has 1 aliphatic heterocycles. The summed E-state index contributed by atoms with van der Waals surface area (Å²) in [4.78, 5) is 17.2. The minimum atomic E-state index is -0.222. The number of amides is 1. The highest BCUT2D eigenvalue weighted by molar-refractivity contribution is 5.78. The molecular weight excluding hydrogens is 403 g/mol. The number of piperazine rings is 1. The summed E-state index contributed by atoms with van der Waals surface area (Å²) in [5.41, 5.74) is 3.25. The molecule has 1 heterocycles. The van der Waals surface area contributed by atoms with Crippen LogP contribution in [0.4, 0.5) is 4.39 Å². The van der Waals surface area contributed by atoms with Crippen LogP contribution in [0.15, 0.2) is 78.9 Å². The second-order valence-electron chi connectivity index (χ2n) is 8.48. The third kappa shape index (κ3) is 5.35. The highest BCUT2D eigenvalue weighted by Crippen LogP contribution is 2.24. The van der Waals surface area contributed by atoms with Crippen molar-refractivity contribution in [2.24, 2.45) is 0 Å². The van der Waals surface area contributed by atoms with Crippen LogP contribution in [-0.4, -0.2) is 47.5 Å². The van der Waals surface area contributed by atoms with E-state index in [1.165, 1.54) is 12.1 Å². The molecule has 5 heteroatoms. The Hall–Kier alpha value is -3.18. The molecule has 1 fully saturated rings. The molecule has 0 aliphatic carbocycles. The molecule has 3 aromatic rings. The topological polar surface area (TPSA) is 32.8 Å². The van der Waals surface area contributed by atoms with Crippen molar-refractivity contribution in [3.63, 3.8) is 0 Å². The largest absolute Gasteiger partial charge is 0.484 e. The van der Waals surface area contributed by atoms with Crippen LogP contribution in [0.25, 0.3) is 11.1 Å². The summed E-state index contributed by atoms with van der Waals surface area (Å²) in [7, 11) is 0. The molecule has 3 aromatic carbocycles. The Morgan fingerprint density at radius 3 is 2.38 bits per heavy atom. The maximum atomic E-state index is 13.2. The predicted molar refractivity (Wildman–Crippen MR) is 125 cm³/mol. The first-order valence-electron chi connectivity index (χ1n) is 11.1. The van der Waals surface area contributed by atoms with Gasteiger partial charge in [0.05, 0.1) is 0 Å². The standard InChI is InChI=1S/C27H29FN2O2/c1-20-17-30(21(2)16-29(20)18-22-11-13-25(28)14-12-22)27(31)19-32-26-10-6-9-24(15-26)23-7-4-3-5-8-23/h3-15,20-21H,16-19H2,1-2H3/t20-,21+/m1/s1. The fourth-order valence-electron chi connectivity index (χ4n) is 4.21. The van der Waals surface area contributed by atoms with Crippen LogP contribution < -0.4 is 4.74 Å². The molecule has 0 aromatic heterocycles. The highest BCUT2D eigenvalue weighted by Gasteiger charge is 2.32. The van der Waals surface area contributed by atoms with E-state index < -0.39 is 0 Å². The van der Waals surface area contributed by atoms with E-state index in [0.29, 0.717) is 12.3 Å². The molecule has 0 N–H and O–H groups in total. The Morgan fingerprint density at radius 2 is 1.62 bits per heavy atom. The number of carbonyl (C=O) groups excluding carboxylic acids is 1. The zero-order chi connectivity index (χ0) is 22.5. The van der Waals surface area contributed by atoms with Gasteiger partial charge < -0.3 is 9.64 Å². The van der Waals surface area contributed by atoms with Crippen molar-refractivity contribution >= 4 is 5.91 Å². The van der Waals surface area contributed by atoms with Crippen LogP contribution in [0.5, 0.6) is 5.75 Å². The zero-order valence-corrected chi connectivity index (χ0v) is 18.6. The van der Waals surface area contributed by atoms with Crippen molar-refractivity contribution in [1.82, 2.24) is 9.80 Å². The smallest absolute Gasteiger partial charge is 0.260 e. The van der Waals surface area contributed by atoms with Crippen LogP contribution in [-0.2, 0) is 11.3 Å². The lowest BCUT2D eigenvalue weighted by Crippen LogP contribution is -2.58. The highest BCUT2D eigenvalue weighted by atomic mass is 19.1. The Balaban J connectivity index is 1.34. The molecule has 1 saturated heterocycles. The third-order valence-corrected chi connectivity index (χ3v) is 6.04. The first-order chi connectivity index (χ1) is 15.5. The first kappa shape index (κ1) is 22.0. The van der Waals surface area contributed by atoms with Crippen LogP contribution >= 0.6 is 0 Å². The number of nitrogens with zero attached hydrogens (tertiary/aromatic N) is 2. The lowest BCUT2D eigenvalue weighted by atomic mass is 10.1. The first-order valence-corrected chi connectivity index (χ1v) is 11.1. The summed E-state index contributed by atoms with van der Waals surface area (Å²) in [6, 6.07) is 24.9.